The molecule has 0 heterocycles. The molecule has 1 amide bonds. The number of benzene rings is 3. The minimum Gasteiger partial charge on any atom is -0.355 e. The maximum Gasteiger partial charge on any atom is 0.239 e. The van der Waals surface area contributed by atoms with E-state index in [2.05, 4.69) is 55.6 Å². The van der Waals surface area contributed by atoms with E-state index < -0.39 is 5.41 Å². The van der Waals surface area contributed by atoms with Crippen molar-refractivity contribution in [3.63, 3.8) is 0 Å². The number of carbonyl (C=O) groups is 1. The van der Waals surface area contributed by atoms with E-state index in [1.54, 1.807) is 0 Å². The fourth-order valence-corrected chi connectivity index (χ4v) is 3.80. The first-order chi connectivity index (χ1) is 13.2. The number of amides is 1. The molecule has 138 valence electrons. The molecule has 0 aliphatic rings. The first kappa shape index (κ1) is 18.9. The second-order valence-corrected chi connectivity index (χ2v) is 6.75. The van der Waals surface area contributed by atoms with Crippen LogP contribution in [-0.2, 0) is 16.6 Å². The molecule has 27 heavy (non-hydrogen) atoms. The molecule has 0 atom stereocenters. The lowest BCUT2D eigenvalue weighted by Crippen LogP contribution is -2.47. The summed E-state index contributed by atoms with van der Waals surface area (Å²) in [6.45, 7) is 4.88. The van der Waals surface area contributed by atoms with Crippen LogP contribution in [0.15, 0.2) is 84.9 Å². The predicted molar refractivity (Wildman–Crippen MR) is 112 cm³/mol. The number of hydrogen-bond acceptors (Lipinski definition) is 1. The van der Waals surface area contributed by atoms with Crippen LogP contribution in [0, 0.1) is 0 Å². The summed E-state index contributed by atoms with van der Waals surface area (Å²) >= 11 is 0. The molecule has 3 aromatic rings. The lowest BCUT2D eigenvalue weighted by Gasteiger charge is -2.36. The SMILES string of the molecule is CCCNC(=O)C(c1ccccc1)(c1ccccc1)c1ccccc1CC. The van der Waals surface area contributed by atoms with Gasteiger partial charge >= 0.3 is 0 Å². The van der Waals surface area contributed by atoms with Gasteiger partial charge in [0, 0.05) is 6.54 Å². The number of rotatable bonds is 7. The van der Waals surface area contributed by atoms with E-state index >= 15 is 0 Å². The Labute approximate surface area is 162 Å². The van der Waals surface area contributed by atoms with Crippen molar-refractivity contribution in [1.29, 1.82) is 0 Å². The van der Waals surface area contributed by atoms with Crippen molar-refractivity contribution in [2.45, 2.75) is 32.1 Å². The zero-order valence-corrected chi connectivity index (χ0v) is 16.1. The molecule has 0 aliphatic carbocycles. The Morgan fingerprint density at radius 1 is 0.778 bits per heavy atom. The van der Waals surface area contributed by atoms with Crippen LogP contribution in [0.25, 0.3) is 0 Å². The Bertz CT molecular complexity index is 832. The van der Waals surface area contributed by atoms with Crippen molar-refractivity contribution in [3.05, 3.63) is 107 Å². The zero-order chi connectivity index (χ0) is 19.1. The molecule has 0 spiro atoms. The highest BCUT2D eigenvalue weighted by Crippen LogP contribution is 2.41. The van der Waals surface area contributed by atoms with Gasteiger partial charge in [0.1, 0.15) is 5.41 Å². The van der Waals surface area contributed by atoms with Gasteiger partial charge in [0.25, 0.3) is 0 Å². The fraction of sp³-hybridized carbons (Fsp3) is 0.240. The first-order valence-electron chi connectivity index (χ1n) is 9.72. The van der Waals surface area contributed by atoms with Gasteiger partial charge in [0.15, 0.2) is 0 Å². The highest BCUT2D eigenvalue weighted by molar-refractivity contribution is 5.96. The van der Waals surface area contributed by atoms with Crippen LogP contribution in [0.4, 0.5) is 0 Å². The largest absolute Gasteiger partial charge is 0.355 e. The van der Waals surface area contributed by atoms with Gasteiger partial charge < -0.3 is 5.32 Å². The molecular weight excluding hydrogens is 330 g/mol. The molecule has 1 N–H and O–H groups in total. The highest BCUT2D eigenvalue weighted by Gasteiger charge is 2.44. The van der Waals surface area contributed by atoms with Crippen LogP contribution >= 0.6 is 0 Å². The third kappa shape index (κ3) is 3.52. The topological polar surface area (TPSA) is 29.1 Å². The Balaban J connectivity index is 2.37. The van der Waals surface area contributed by atoms with Crippen molar-refractivity contribution in [2.24, 2.45) is 0 Å². The second kappa shape index (κ2) is 8.68. The van der Waals surface area contributed by atoms with Crippen molar-refractivity contribution in [2.75, 3.05) is 6.54 Å². The minimum absolute atomic E-state index is 0.0302. The normalized spacial score (nSPS) is 11.2. The van der Waals surface area contributed by atoms with E-state index in [1.165, 1.54) is 5.56 Å². The average molecular weight is 357 g/mol. The van der Waals surface area contributed by atoms with Gasteiger partial charge in [-0.15, -0.1) is 0 Å². The van der Waals surface area contributed by atoms with E-state index in [0.717, 1.165) is 29.5 Å². The van der Waals surface area contributed by atoms with Crippen LogP contribution in [0.1, 0.15) is 42.5 Å². The van der Waals surface area contributed by atoms with Gasteiger partial charge in [-0.1, -0.05) is 98.8 Å². The second-order valence-electron chi connectivity index (χ2n) is 6.75. The fourth-order valence-electron chi connectivity index (χ4n) is 3.80. The van der Waals surface area contributed by atoms with E-state index in [4.69, 9.17) is 0 Å². The number of aryl methyl sites for hydroxylation is 1. The van der Waals surface area contributed by atoms with Crippen LogP contribution in [-0.4, -0.2) is 12.5 Å². The molecule has 2 heteroatoms. The summed E-state index contributed by atoms with van der Waals surface area (Å²) in [7, 11) is 0. The molecule has 2 nitrogen and oxygen atoms in total. The monoisotopic (exact) mass is 357 g/mol. The van der Waals surface area contributed by atoms with E-state index in [0.29, 0.717) is 6.54 Å². The lowest BCUT2D eigenvalue weighted by molar-refractivity contribution is -0.124. The van der Waals surface area contributed by atoms with Crippen LogP contribution < -0.4 is 5.32 Å². The average Bonchev–Trinajstić information content (AvgIpc) is 2.74. The van der Waals surface area contributed by atoms with Gasteiger partial charge in [0.05, 0.1) is 0 Å². The molecule has 0 unspecified atom stereocenters. The summed E-state index contributed by atoms with van der Waals surface area (Å²) in [5.41, 5.74) is 3.36. The van der Waals surface area contributed by atoms with E-state index in [9.17, 15) is 4.79 Å². The molecule has 0 aromatic heterocycles. The van der Waals surface area contributed by atoms with Gasteiger partial charge in [-0.3, -0.25) is 4.79 Å². The van der Waals surface area contributed by atoms with Crippen molar-refractivity contribution in [3.8, 4) is 0 Å². The van der Waals surface area contributed by atoms with Gasteiger partial charge in [-0.2, -0.15) is 0 Å². The Morgan fingerprint density at radius 2 is 1.30 bits per heavy atom. The molecule has 0 aliphatic heterocycles. The van der Waals surface area contributed by atoms with E-state index in [1.807, 2.05) is 48.5 Å². The van der Waals surface area contributed by atoms with Crippen molar-refractivity contribution in [1.82, 2.24) is 5.32 Å². The summed E-state index contributed by atoms with van der Waals surface area (Å²) < 4.78 is 0. The smallest absolute Gasteiger partial charge is 0.239 e. The summed E-state index contributed by atoms with van der Waals surface area (Å²) in [6.07, 6.45) is 1.78. The number of carbonyl (C=O) groups excluding carboxylic acids is 1. The van der Waals surface area contributed by atoms with Crippen molar-refractivity contribution < 1.29 is 4.79 Å². The third-order valence-corrected chi connectivity index (χ3v) is 5.09. The maximum absolute atomic E-state index is 13.8. The highest BCUT2D eigenvalue weighted by atomic mass is 16.2. The number of nitrogens with one attached hydrogen (secondary N) is 1. The lowest BCUT2D eigenvalue weighted by atomic mass is 9.67. The van der Waals surface area contributed by atoms with E-state index in [-0.39, 0.29) is 5.91 Å². The van der Waals surface area contributed by atoms with Gasteiger partial charge in [-0.25, -0.2) is 0 Å². The van der Waals surface area contributed by atoms with Crippen LogP contribution in [0.5, 0.6) is 0 Å². The molecular formula is C25H27NO. The summed E-state index contributed by atoms with van der Waals surface area (Å²) in [5.74, 6) is 0.0302. The molecule has 0 bridgehead atoms. The molecule has 0 saturated carbocycles. The maximum atomic E-state index is 13.8. The van der Waals surface area contributed by atoms with Crippen LogP contribution in [0.2, 0.25) is 0 Å². The zero-order valence-electron chi connectivity index (χ0n) is 16.1. The molecule has 3 rings (SSSR count). The first-order valence-corrected chi connectivity index (χ1v) is 9.72. The van der Waals surface area contributed by atoms with Gasteiger partial charge in [-0.05, 0) is 35.1 Å². The number of hydrogen-bond donors (Lipinski definition) is 1. The van der Waals surface area contributed by atoms with Gasteiger partial charge in [0.2, 0.25) is 5.91 Å². The third-order valence-electron chi connectivity index (χ3n) is 5.09. The Hall–Kier alpha value is -2.87. The molecule has 3 aromatic carbocycles. The predicted octanol–water partition coefficient (Wildman–Crippen LogP) is 5.11. The quantitative estimate of drug-likeness (QED) is 0.585. The molecule has 0 radical (unpaired) electrons. The Morgan fingerprint density at radius 3 is 1.81 bits per heavy atom. The van der Waals surface area contributed by atoms with Crippen molar-refractivity contribution >= 4 is 5.91 Å². The standard InChI is InChI=1S/C25H27NO/c1-3-19-26-24(27)25(21-14-7-5-8-15-21,22-16-9-6-10-17-22)23-18-12-11-13-20(23)4-2/h5-18H,3-4,19H2,1-2H3,(H,26,27). The molecule has 0 saturated heterocycles. The molecule has 0 fully saturated rings. The summed E-state index contributed by atoms with van der Waals surface area (Å²) in [6, 6.07) is 28.6. The Kier molecular flexibility index (Phi) is 6.08. The minimum atomic E-state index is -0.871. The van der Waals surface area contributed by atoms with Crippen LogP contribution in [0.3, 0.4) is 0 Å². The summed E-state index contributed by atoms with van der Waals surface area (Å²) in [5, 5.41) is 3.18. The summed E-state index contributed by atoms with van der Waals surface area (Å²) in [4.78, 5) is 13.8.